The summed E-state index contributed by atoms with van der Waals surface area (Å²) in [6, 6.07) is 11.3. The van der Waals surface area contributed by atoms with Crippen molar-refractivity contribution in [1.82, 2.24) is 0 Å². The van der Waals surface area contributed by atoms with Gasteiger partial charge in [0.2, 0.25) is 0 Å². The first kappa shape index (κ1) is 125. The van der Waals surface area contributed by atoms with Crippen LogP contribution in [0.5, 0.6) is 0 Å². The molecule has 17 atom stereocenters. The van der Waals surface area contributed by atoms with E-state index in [4.69, 9.17) is 170 Å². The Morgan fingerprint density at radius 1 is 0.145 bits per heavy atom. The molecule has 848 valence electrons. The van der Waals surface area contributed by atoms with Crippen molar-refractivity contribution in [1.29, 1.82) is 0 Å². The highest BCUT2D eigenvalue weighted by Crippen LogP contribution is 2.45. The molecule has 0 amide bonds. The highest BCUT2D eigenvalue weighted by atomic mass is 28.6. The third-order valence-electron chi connectivity index (χ3n) is 26.4. The standard InChI is InChI=1S/C28H56O12Si4.C25H52O10Si4.C20H44O8Si4.C18H40O8Si4/c1-41(13-5-9-29-17-25-21-33-25)37-42(2,14-6-10-30-18-26-22-34-26)39-44(4,16-8-12-32-20-28-24-36-28)40-43(3,38-41)15-7-11-31-19-27-23-35-27;1-6-13-36(2)32-37(3,14-7-10-26-17-23-20-29-23)34-39(5,16-9-12-28-19-25-22-31-25)35-38(4,33-36)15-8-11-27-18-24-21-30-24;1-7-12-30(4)27-31(5,13-8-10-21-15-19-17-23-19)25-29(2,3)26-32(6,28-30)14-9-11-22-16-20-18-24-20;1-27(2)23-28(3,4)25-30(6,12-8-10-20-14-18-16-22-18)26-29(5,24-27)11-7-9-19-13-17-15-21-17/h25-28H,5-24H2,1-4H3;23-25H,6-22H2,1-5H3;19-20H,7-18H2,1-6H3;17-18H,7-16H2,1-6H3. The van der Waals surface area contributed by atoms with Crippen LogP contribution in [-0.2, 0) is 170 Å². The molecular formula is C91H192O38Si16. The minimum absolute atomic E-state index is 0.266. The maximum Gasteiger partial charge on any atom is 0.317 e. The van der Waals surface area contributed by atoms with Crippen molar-refractivity contribution >= 4 is 137 Å². The fourth-order valence-electron chi connectivity index (χ4n) is 19.9. The summed E-state index contributed by atoms with van der Waals surface area (Å²) in [5, 5.41) is 0. The topological polar surface area (TPSA) is 387 Å². The first-order valence-corrected chi connectivity index (χ1v) is 96.4. The van der Waals surface area contributed by atoms with Gasteiger partial charge in [-0.2, -0.15) is 0 Å². The predicted molar refractivity (Wildman–Crippen MR) is 581 cm³/mol. The van der Waals surface area contributed by atoms with E-state index < -0.39 is 137 Å². The zero-order chi connectivity index (χ0) is 104. The van der Waals surface area contributed by atoms with Gasteiger partial charge in [0.05, 0.1) is 145 Å². The Bertz CT molecular complexity index is 3380. The van der Waals surface area contributed by atoms with E-state index in [0.29, 0.717) is 170 Å². The van der Waals surface area contributed by atoms with Gasteiger partial charge in [-0.05, 0) is 274 Å². The minimum Gasteiger partial charge on any atom is -0.416 e. The molecule has 15 saturated heterocycles. The lowest BCUT2D eigenvalue weighted by molar-refractivity contribution is 0.111. The van der Waals surface area contributed by atoms with Gasteiger partial charge in [-0.25, -0.2) is 0 Å². The molecule has 54 heteroatoms. The molecule has 38 nitrogen and oxygen atoms in total. The maximum atomic E-state index is 7.24. The Balaban J connectivity index is 0.000000174. The van der Waals surface area contributed by atoms with E-state index >= 15 is 0 Å². The normalized spacial score (nSPS) is 39.0. The van der Waals surface area contributed by atoms with E-state index in [1.165, 1.54) is 0 Å². The van der Waals surface area contributed by atoms with Crippen LogP contribution in [0.25, 0.3) is 0 Å². The first-order chi connectivity index (χ1) is 68.8. The molecule has 0 spiro atoms. The van der Waals surface area contributed by atoms with Crippen LogP contribution < -0.4 is 0 Å². The van der Waals surface area contributed by atoms with Crippen LogP contribution in [0.3, 0.4) is 0 Å². The fourth-order valence-corrected chi connectivity index (χ4v) is 111. The van der Waals surface area contributed by atoms with Crippen molar-refractivity contribution in [2.45, 2.75) is 367 Å². The summed E-state index contributed by atoms with van der Waals surface area (Å²) in [5.74, 6) is 0. The van der Waals surface area contributed by atoms with Crippen molar-refractivity contribution in [2.75, 3.05) is 218 Å². The Kier molecular flexibility index (Phi) is 51.1. The number of rotatable bonds is 70. The summed E-state index contributed by atoms with van der Waals surface area (Å²) in [6.45, 7) is 69.7. The van der Waals surface area contributed by atoms with Gasteiger partial charge in [0.15, 0.2) is 0 Å². The lowest BCUT2D eigenvalue weighted by atomic mass is 10.5. The van der Waals surface area contributed by atoms with Crippen LogP contribution in [0.2, 0.25) is 203 Å². The van der Waals surface area contributed by atoms with Gasteiger partial charge in [-0.1, -0.05) is 26.7 Å². The van der Waals surface area contributed by atoms with Gasteiger partial charge in [0.25, 0.3) is 0 Å². The molecule has 145 heavy (non-hydrogen) atoms. The quantitative estimate of drug-likeness (QED) is 0.0310. The second kappa shape index (κ2) is 59.0. The Morgan fingerprint density at radius 2 is 0.241 bits per heavy atom. The van der Waals surface area contributed by atoms with Crippen LogP contribution in [0.1, 0.15) is 97.3 Å². The van der Waals surface area contributed by atoms with Gasteiger partial charge in [-0.15, -0.1) is 0 Å². The highest BCUT2D eigenvalue weighted by molar-refractivity contribution is 6.97. The lowest BCUT2D eigenvalue weighted by Crippen LogP contribution is -2.67. The molecule has 0 aromatic rings. The number of hydrogen-bond donors (Lipinski definition) is 0. The summed E-state index contributed by atoms with van der Waals surface area (Å²) in [5.41, 5.74) is 0. The van der Waals surface area contributed by atoms with Gasteiger partial charge >= 0.3 is 137 Å². The molecule has 15 heterocycles. The lowest BCUT2D eigenvalue weighted by Gasteiger charge is -2.50. The van der Waals surface area contributed by atoms with E-state index in [1.807, 2.05) is 0 Å². The Labute approximate surface area is 886 Å². The zero-order valence-electron chi connectivity index (χ0n) is 92.6. The minimum atomic E-state index is -2.69. The maximum absolute atomic E-state index is 7.24. The monoisotopic (exact) mass is 2340 g/mol. The molecule has 0 bridgehead atoms. The molecule has 0 N–H and O–H groups in total. The summed E-state index contributed by atoms with van der Waals surface area (Å²) in [6.07, 6.45) is 15.0. The number of epoxide rings is 11. The molecule has 0 saturated carbocycles. The summed E-state index contributed by atoms with van der Waals surface area (Å²) < 4.78 is 234. The SMILES string of the molecule is CCC[Si]1(C)O[Si](C)(CCCOCC2CO2)O[Si](C)(C)O[Si](C)(CCCOCC2CO2)O1.CCC[Si]1(C)O[Si](C)(CCCOCC2CO2)O[Si](C)(CCCOCC2CO2)O[Si](C)(CCCOCC2CO2)O1.C[Si]1(C)O[Si](C)(C)O[Si](C)(CCCOCC2CO2)O[Si](C)(CCCOCC2CO2)O1.C[Si]1(CCCOCC2CO2)O[Si](C)(CCCOCC2CO2)O[Si](C)(CCCOCC2CO2)O[Si](C)(CCCOCC2CO2)O1. The summed E-state index contributed by atoms with van der Waals surface area (Å²) in [4.78, 5) is 0. The smallest absolute Gasteiger partial charge is 0.317 e. The third kappa shape index (κ3) is 53.4. The van der Waals surface area contributed by atoms with Gasteiger partial charge in [0, 0.05) is 72.7 Å². The predicted octanol–water partition coefficient (Wildman–Crippen LogP) is 15.0. The first-order valence-electron chi connectivity index (χ1n) is 55.1. The average molecular weight is 2340 g/mol. The average Bonchev–Trinajstić information content (AvgIpc) is 1.47. The molecule has 0 aromatic heterocycles. The van der Waals surface area contributed by atoms with E-state index in [-0.39, 0.29) is 42.7 Å². The van der Waals surface area contributed by atoms with Crippen molar-refractivity contribution in [3.05, 3.63) is 0 Å². The molecule has 15 aliphatic heterocycles. The van der Waals surface area contributed by atoms with E-state index in [2.05, 4.69) is 138 Å². The molecule has 0 aromatic carbocycles. The number of hydrogen-bond acceptors (Lipinski definition) is 38. The van der Waals surface area contributed by atoms with E-state index in [1.54, 1.807) is 0 Å². The van der Waals surface area contributed by atoms with Crippen LogP contribution in [-0.4, -0.2) is 422 Å². The molecule has 17 unspecified atom stereocenters. The van der Waals surface area contributed by atoms with Crippen molar-refractivity contribution in [3.63, 3.8) is 0 Å². The Hall–Kier alpha value is 1.95. The largest absolute Gasteiger partial charge is 0.416 e. The fraction of sp³-hybridized carbons (Fsp3) is 1.00. The third-order valence-corrected chi connectivity index (χ3v) is 99.8. The van der Waals surface area contributed by atoms with Crippen LogP contribution in [0.4, 0.5) is 0 Å². The molecule has 15 aliphatic rings. The molecule has 0 radical (unpaired) electrons. The summed E-state index contributed by atoms with van der Waals surface area (Å²) in [7, 11) is -40.5. The van der Waals surface area contributed by atoms with Gasteiger partial charge < -0.3 is 170 Å². The van der Waals surface area contributed by atoms with Gasteiger partial charge in [-0.3, -0.25) is 0 Å². The van der Waals surface area contributed by atoms with Crippen molar-refractivity contribution in [3.8, 4) is 0 Å². The van der Waals surface area contributed by atoms with Crippen LogP contribution in [0, 0.1) is 0 Å². The second-order valence-corrected chi connectivity index (χ2v) is 103. The van der Waals surface area contributed by atoms with Crippen molar-refractivity contribution < 1.29 is 170 Å². The van der Waals surface area contributed by atoms with Crippen LogP contribution in [0.15, 0.2) is 0 Å². The van der Waals surface area contributed by atoms with Gasteiger partial charge in [0.1, 0.15) is 67.1 Å². The highest BCUT2D eigenvalue weighted by Gasteiger charge is 2.61. The second-order valence-electron chi connectivity index (χ2n) is 45.5. The Morgan fingerprint density at radius 3 is 0.345 bits per heavy atom. The van der Waals surface area contributed by atoms with Crippen LogP contribution >= 0.6 is 0 Å². The zero-order valence-corrected chi connectivity index (χ0v) is 109. The van der Waals surface area contributed by atoms with E-state index in [0.717, 1.165) is 235 Å². The van der Waals surface area contributed by atoms with Crippen molar-refractivity contribution in [2.24, 2.45) is 0 Å². The molecular weight excluding hydrogens is 2150 g/mol. The summed E-state index contributed by atoms with van der Waals surface area (Å²) >= 11 is 0. The molecule has 15 fully saturated rings. The molecule has 0 aliphatic carbocycles. The molecule has 15 rings (SSSR count). The van der Waals surface area contributed by atoms with E-state index in [9.17, 15) is 0 Å². The number of ether oxygens (including phenoxy) is 22.